The lowest BCUT2D eigenvalue weighted by Crippen LogP contribution is -2.10. The molecule has 0 amide bonds. The molecule has 1 aromatic heterocycles. The van der Waals surface area contributed by atoms with Gasteiger partial charge in [-0.05, 0) is 126 Å². The zero-order valence-corrected chi connectivity index (χ0v) is 32.7. The molecule has 0 spiro atoms. The van der Waals surface area contributed by atoms with Crippen LogP contribution in [0.1, 0.15) is 0 Å². The molecule has 2 heteroatoms. The van der Waals surface area contributed by atoms with Gasteiger partial charge in [-0.3, -0.25) is 0 Å². The number of fused-ring (bicyclic) bond motifs is 9. The van der Waals surface area contributed by atoms with Gasteiger partial charge in [-0.1, -0.05) is 170 Å². The molecule has 0 unspecified atom stereocenters. The number of hydrogen-bond donors (Lipinski definition) is 0. The molecule has 60 heavy (non-hydrogen) atoms. The molecule has 280 valence electrons. The summed E-state index contributed by atoms with van der Waals surface area (Å²) in [6.45, 7) is 0. The summed E-state index contributed by atoms with van der Waals surface area (Å²) in [5.74, 6) is 0. The zero-order valence-electron chi connectivity index (χ0n) is 32.7. The van der Waals surface area contributed by atoms with Gasteiger partial charge in [0.15, 0.2) is 0 Å². The third kappa shape index (κ3) is 5.65. The van der Waals surface area contributed by atoms with E-state index in [9.17, 15) is 0 Å². The monoisotopic (exact) mass is 763 g/mol. The molecule has 0 saturated carbocycles. The van der Waals surface area contributed by atoms with Crippen molar-refractivity contribution in [1.29, 1.82) is 0 Å². The normalized spacial score (nSPS) is 11.7. The molecule has 12 rings (SSSR count). The first-order valence-electron chi connectivity index (χ1n) is 20.6. The summed E-state index contributed by atoms with van der Waals surface area (Å²) in [5, 5.41) is 12.1. The first-order valence-corrected chi connectivity index (χ1v) is 20.6. The zero-order chi connectivity index (χ0) is 39.6. The molecule has 0 radical (unpaired) electrons. The molecule has 0 aliphatic heterocycles. The van der Waals surface area contributed by atoms with E-state index in [0.29, 0.717) is 0 Å². The second-order valence-corrected chi connectivity index (χ2v) is 15.7. The number of anilines is 3. The first kappa shape index (κ1) is 34.1. The van der Waals surface area contributed by atoms with Gasteiger partial charge in [0.2, 0.25) is 0 Å². The van der Waals surface area contributed by atoms with E-state index >= 15 is 0 Å². The molecule has 0 bridgehead atoms. The summed E-state index contributed by atoms with van der Waals surface area (Å²) < 4.78 is 6.60. The maximum atomic E-state index is 6.60. The van der Waals surface area contributed by atoms with Gasteiger partial charge in [0, 0.05) is 33.2 Å². The van der Waals surface area contributed by atoms with Crippen LogP contribution in [0.2, 0.25) is 0 Å². The summed E-state index contributed by atoms with van der Waals surface area (Å²) in [7, 11) is 0. The third-order valence-corrected chi connectivity index (χ3v) is 12.2. The van der Waals surface area contributed by atoms with E-state index < -0.39 is 0 Å². The molecule has 0 aliphatic rings. The summed E-state index contributed by atoms with van der Waals surface area (Å²) in [5.41, 5.74) is 12.1. The summed E-state index contributed by atoms with van der Waals surface area (Å²) in [6.07, 6.45) is 0. The van der Waals surface area contributed by atoms with Crippen molar-refractivity contribution in [3.8, 4) is 33.4 Å². The molecule has 2 nitrogen and oxygen atoms in total. The van der Waals surface area contributed by atoms with Crippen molar-refractivity contribution in [2.45, 2.75) is 0 Å². The predicted octanol–water partition coefficient (Wildman–Crippen LogP) is 16.7. The standard InChI is InChI=1S/C58H37NO/c1-2-13-43-36-44(23-22-38(43)10-1)39-24-30-46(31-25-39)59(47-32-26-42(27-33-47)50-18-8-20-53-49-16-5-3-11-40(49)28-34-54(50)53)48-15-7-14-45(37-48)51-19-9-21-56-57(51)55-35-29-41-12-4-6-17-52(41)58(55)60-56/h1-37H. The number of rotatable bonds is 6. The van der Waals surface area contributed by atoms with Crippen molar-refractivity contribution in [2.75, 3.05) is 4.90 Å². The van der Waals surface area contributed by atoms with Gasteiger partial charge >= 0.3 is 0 Å². The van der Waals surface area contributed by atoms with Crippen LogP contribution in [0.4, 0.5) is 17.1 Å². The predicted molar refractivity (Wildman–Crippen MR) is 255 cm³/mol. The van der Waals surface area contributed by atoms with Gasteiger partial charge in [-0.2, -0.15) is 0 Å². The molecular weight excluding hydrogens is 727 g/mol. The lowest BCUT2D eigenvalue weighted by atomic mass is 9.94. The quantitative estimate of drug-likeness (QED) is 0.157. The highest BCUT2D eigenvalue weighted by Gasteiger charge is 2.18. The van der Waals surface area contributed by atoms with Crippen molar-refractivity contribution in [3.05, 3.63) is 224 Å². The van der Waals surface area contributed by atoms with Crippen molar-refractivity contribution in [3.63, 3.8) is 0 Å². The lowest BCUT2D eigenvalue weighted by molar-refractivity contribution is 0.673. The van der Waals surface area contributed by atoms with Gasteiger partial charge in [0.1, 0.15) is 11.2 Å². The summed E-state index contributed by atoms with van der Waals surface area (Å²) >= 11 is 0. The van der Waals surface area contributed by atoms with Crippen LogP contribution < -0.4 is 4.90 Å². The molecule has 11 aromatic carbocycles. The van der Waals surface area contributed by atoms with Gasteiger partial charge in [0.05, 0.1) is 0 Å². The number of benzene rings is 11. The topological polar surface area (TPSA) is 16.4 Å². The Morgan fingerprint density at radius 2 is 0.867 bits per heavy atom. The Kier molecular flexibility index (Phi) is 7.89. The SMILES string of the molecule is c1cc(-c2cccc3oc4c5ccccc5ccc4c23)cc(N(c2ccc(-c3ccc4ccccc4c3)cc2)c2ccc(-c3cccc4c3ccc3ccccc34)cc2)c1. The fourth-order valence-electron chi connectivity index (χ4n) is 9.31. The van der Waals surface area contributed by atoms with Crippen molar-refractivity contribution in [2.24, 2.45) is 0 Å². The van der Waals surface area contributed by atoms with Crippen LogP contribution in [0, 0.1) is 0 Å². The van der Waals surface area contributed by atoms with E-state index in [2.05, 4.69) is 229 Å². The van der Waals surface area contributed by atoms with E-state index in [1.807, 2.05) is 0 Å². The third-order valence-electron chi connectivity index (χ3n) is 12.2. The van der Waals surface area contributed by atoms with Crippen LogP contribution in [-0.2, 0) is 0 Å². The Bertz CT molecular complexity index is 3600. The minimum atomic E-state index is 0.891. The molecule has 12 aromatic rings. The Hall–Kier alpha value is -7.94. The molecule has 0 fully saturated rings. The second-order valence-electron chi connectivity index (χ2n) is 15.7. The average molecular weight is 764 g/mol. The average Bonchev–Trinajstić information content (AvgIpc) is 3.72. The van der Waals surface area contributed by atoms with Crippen molar-refractivity contribution in [1.82, 2.24) is 0 Å². The summed E-state index contributed by atoms with van der Waals surface area (Å²) in [6, 6.07) is 81.3. The fraction of sp³-hybridized carbons (Fsp3) is 0. The van der Waals surface area contributed by atoms with Crippen LogP contribution in [0.25, 0.3) is 98.4 Å². The van der Waals surface area contributed by atoms with E-state index in [4.69, 9.17) is 4.42 Å². The Labute approximate surface area is 347 Å². The smallest absolute Gasteiger partial charge is 0.143 e. The minimum Gasteiger partial charge on any atom is -0.455 e. The number of hydrogen-bond acceptors (Lipinski definition) is 2. The van der Waals surface area contributed by atoms with E-state index in [1.54, 1.807) is 0 Å². The van der Waals surface area contributed by atoms with Crippen LogP contribution in [0.15, 0.2) is 229 Å². The molecule has 1 heterocycles. The van der Waals surface area contributed by atoms with Gasteiger partial charge in [-0.15, -0.1) is 0 Å². The van der Waals surface area contributed by atoms with Gasteiger partial charge < -0.3 is 9.32 Å². The van der Waals surface area contributed by atoms with Gasteiger partial charge in [-0.25, -0.2) is 0 Å². The maximum absolute atomic E-state index is 6.60. The van der Waals surface area contributed by atoms with Crippen LogP contribution >= 0.6 is 0 Å². The second kappa shape index (κ2) is 13.9. The molecule has 0 aliphatic carbocycles. The fourth-order valence-corrected chi connectivity index (χ4v) is 9.31. The highest BCUT2D eigenvalue weighted by atomic mass is 16.3. The maximum Gasteiger partial charge on any atom is 0.143 e. The van der Waals surface area contributed by atoms with Crippen molar-refractivity contribution < 1.29 is 4.42 Å². The largest absolute Gasteiger partial charge is 0.455 e. The summed E-state index contributed by atoms with van der Waals surface area (Å²) in [4.78, 5) is 2.37. The van der Waals surface area contributed by atoms with E-state index in [0.717, 1.165) is 55.5 Å². The van der Waals surface area contributed by atoms with E-state index in [1.165, 1.54) is 60.0 Å². The van der Waals surface area contributed by atoms with E-state index in [-0.39, 0.29) is 0 Å². The molecule has 0 saturated heterocycles. The lowest BCUT2D eigenvalue weighted by Gasteiger charge is -2.26. The van der Waals surface area contributed by atoms with Gasteiger partial charge in [0.25, 0.3) is 0 Å². The highest BCUT2D eigenvalue weighted by molar-refractivity contribution is 6.19. The molecular formula is C58H37NO. The highest BCUT2D eigenvalue weighted by Crippen LogP contribution is 2.43. The Morgan fingerprint density at radius 3 is 1.67 bits per heavy atom. The van der Waals surface area contributed by atoms with Crippen LogP contribution in [0.5, 0.6) is 0 Å². The Morgan fingerprint density at radius 1 is 0.283 bits per heavy atom. The first-order chi connectivity index (χ1) is 29.7. The molecule has 0 atom stereocenters. The Balaban J connectivity index is 0.986. The molecule has 0 N–H and O–H groups in total. The van der Waals surface area contributed by atoms with Crippen molar-refractivity contribution >= 4 is 82.1 Å². The number of nitrogens with zero attached hydrogens (tertiary/aromatic N) is 1. The number of furan rings is 1. The minimum absolute atomic E-state index is 0.891. The van der Waals surface area contributed by atoms with Crippen LogP contribution in [-0.4, -0.2) is 0 Å². The van der Waals surface area contributed by atoms with Crippen LogP contribution in [0.3, 0.4) is 0 Å².